The molecule has 0 aliphatic carbocycles. The maximum absolute atomic E-state index is 12.7. The standard InChI is InChI=1S/C14H11ClF3N7O.C9H9ClO2/c1-25-12(23-15)10-9(24-25)11(22-6-21-10)13(26)20-5-7-2-3-19-8(4-7)14(16,17)18;1-12-8-4-2-3-7(5-8)6-9(10)11/h2-4,6,23H,5H2,1H3,(H,20,26);2-5H,6H2,1H3. The maximum atomic E-state index is 12.7. The van der Waals surface area contributed by atoms with Crippen LogP contribution in [0.4, 0.5) is 19.0 Å². The topological polar surface area (TPSA) is 124 Å². The number of alkyl halides is 3. The molecule has 0 saturated carbocycles. The Bertz CT molecular complexity index is 1450. The van der Waals surface area contributed by atoms with Crippen LogP contribution in [-0.2, 0) is 31.0 Å². The number of amides is 1. The van der Waals surface area contributed by atoms with Crippen molar-refractivity contribution in [3.05, 3.63) is 71.4 Å². The molecule has 0 saturated heterocycles. The van der Waals surface area contributed by atoms with Crippen LogP contribution in [0, 0.1) is 0 Å². The summed E-state index contributed by atoms with van der Waals surface area (Å²) in [5, 5.41) is 6.28. The van der Waals surface area contributed by atoms with Crippen LogP contribution in [0.5, 0.6) is 5.75 Å². The van der Waals surface area contributed by atoms with Gasteiger partial charge in [-0.15, -0.1) is 0 Å². The number of aromatic nitrogens is 5. The van der Waals surface area contributed by atoms with E-state index in [9.17, 15) is 22.8 Å². The highest BCUT2D eigenvalue weighted by molar-refractivity contribution is 6.63. The average molecular weight is 570 g/mol. The molecule has 15 heteroatoms. The van der Waals surface area contributed by atoms with Gasteiger partial charge < -0.3 is 10.1 Å². The highest BCUT2D eigenvalue weighted by Gasteiger charge is 2.32. The van der Waals surface area contributed by atoms with Crippen molar-refractivity contribution in [3.8, 4) is 5.75 Å². The van der Waals surface area contributed by atoms with Gasteiger partial charge in [0.2, 0.25) is 5.24 Å². The van der Waals surface area contributed by atoms with E-state index >= 15 is 0 Å². The third-order valence-corrected chi connectivity index (χ3v) is 5.28. The quantitative estimate of drug-likeness (QED) is 0.250. The second-order valence-electron chi connectivity index (χ2n) is 7.60. The summed E-state index contributed by atoms with van der Waals surface area (Å²) in [6.07, 6.45) is -2.11. The zero-order valence-corrected chi connectivity index (χ0v) is 21.4. The number of hydrogen-bond donors (Lipinski definition) is 2. The first kappa shape index (κ1) is 28.6. The van der Waals surface area contributed by atoms with Gasteiger partial charge in [0.1, 0.15) is 28.8 Å². The van der Waals surface area contributed by atoms with Crippen molar-refractivity contribution in [1.29, 1.82) is 0 Å². The molecule has 1 aromatic carbocycles. The third kappa shape index (κ3) is 7.29. The maximum Gasteiger partial charge on any atom is 0.433 e. The molecule has 0 unspecified atom stereocenters. The van der Waals surface area contributed by atoms with E-state index in [1.165, 1.54) is 17.1 Å². The second kappa shape index (κ2) is 12.5. The molecule has 0 fully saturated rings. The van der Waals surface area contributed by atoms with Gasteiger partial charge >= 0.3 is 6.18 Å². The number of carbonyl (C=O) groups excluding carboxylic acids is 2. The van der Waals surface area contributed by atoms with Crippen LogP contribution in [0.1, 0.15) is 27.3 Å². The van der Waals surface area contributed by atoms with E-state index in [0.29, 0.717) is 11.3 Å². The normalized spacial score (nSPS) is 10.9. The monoisotopic (exact) mass is 569 g/mol. The van der Waals surface area contributed by atoms with Crippen molar-refractivity contribution in [1.82, 2.24) is 30.0 Å². The Labute approximate surface area is 224 Å². The molecule has 0 aliphatic rings. The predicted octanol–water partition coefficient (Wildman–Crippen LogP) is 4.28. The van der Waals surface area contributed by atoms with Crippen LogP contribution < -0.4 is 14.9 Å². The molecule has 200 valence electrons. The molecule has 10 nitrogen and oxygen atoms in total. The lowest BCUT2D eigenvalue weighted by Gasteiger charge is -2.08. The van der Waals surface area contributed by atoms with E-state index in [0.717, 1.165) is 23.6 Å². The van der Waals surface area contributed by atoms with Crippen molar-refractivity contribution in [2.75, 3.05) is 11.9 Å². The lowest BCUT2D eigenvalue weighted by atomic mass is 10.1. The fraction of sp³-hybridized carbons (Fsp3) is 0.217. The van der Waals surface area contributed by atoms with Gasteiger partial charge in [0.05, 0.1) is 7.11 Å². The molecule has 1 amide bonds. The number of rotatable bonds is 7. The van der Waals surface area contributed by atoms with Crippen LogP contribution >= 0.6 is 23.4 Å². The first-order chi connectivity index (χ1) is 18.0. The van der Waals surface area contributed by atoms with Crippen LogP contribution in [0.15, 0.2) is 48.9 Å². The molecular weight excluding hydrogens is 550 g/mol. The Hall–Kier alpha value is -3.97. The summed E-state index contributed by atoms with van der Waals surface area (Å²) in [5.41, 5.74) is 0.613. The molecule has 3 aromatic heterocycles. The van der Waals surface area contributed by atoms with Crippen LogP contribution in [0.2, 0.25) is 0 Å². The lowest BCUT2D eigenvalue weighted by Crippen LogP contribution is -2.24. The van der Waals surface area contributed by atoms with Crippen molar-refractivity contribution < 1.29 is 27.5 Å². The Morgan fingerprint density at radius 2 is 1.84 bits per heavy atom. The summed E-state index contributed by atoms with van der Waals surface area (Å²) < 4.78 is 44.4. The summed E-state index contributed by atoms with van der Waals surface area (Å²) in [5.74, 6) is 0.509. The van der Waals surface area contributed by atoms with Gasteiger partial charge in [0.25, 0.3) is 5.91 Å². The van der Waals surface area contributed by atoms with E-state index in [2.05, 4.69) is 30.2 Å². The van der Waals surface area contributed by atoms with E-state index in [4.69, 9.17) is 28.1 Å². The largest absolute Gasteiger partial charge is 0.497 e. The lowest BCUT2D eigenvalue weighted by molar-refractivity contribution is -0.141. The average Bonchev–Trinajstić information content (AvgIpc) is 3.22. The minimum absolute atomic E-state index is 0.0196. The number of hydrogen-bond acceptors (Lipinski definition) is 8. The van der Waals surface area contributed by atoms with Gasteiger partial charge in [0, 0.05) is 38.0 Å². The van der Waals surface area contributed by atoms with Crippen molar-refractivity contribution in [3.63, 3.8) is 0 Å². The molecule has 4 rings (SSSR count). The first-order valence-corrected chi connectivity index (χ1v) is 11.4. The Morgan fingerprint density at radius 3 is 2.50 bits per heavy atom. The number of halogens is 5. The van der Waals surface area contributed by atoms with Crippen LogP contribution in [0.3, 0.4) is 0 Å². The van der Waals surface area contributed by atoms with Gasteiger partial charge in [-0.2, -0.15) is 18.3 Å². The minimum Gasteiger partial charge on any atom is -0.497 e. The molecule has 0 bridgehead atoms. The number of nitrogens with zero attached hydrogens (tertiary/aromatic N) is 5. The Kier molecular flexibility index (Phi) is 9.42. The zero-order chi connectivity index (χ0) is 27.9. The zero-order valence-electron chi connectivity index (χ0n) is 19.9. The van der Waals surface area contributed by atoms with Gasteiger partial charge in [-0.3, -0.25) is 19.4 Å². The summed E-state index contributed by atoms with van der Waals surface area (Å²) in [6, 6.07) is 9.52. The molecule has 0 atom stereocenters. The Morgan fingerprint density at radius 1 is 1.08 bits per heavy atom. The minimum atomic E-state index is -4.56. The van der Waals surface area contributed by atoms with Crippen molar-refractivity contribution in [2.24, 2.45) is 7.05 Å². The predicted molar refractivity (Wildman–Crippen MR) is 134 cm³/mol. The smallest absolute Gasteiger partial charge is 0.433 e. The van der Waals surface area contributed by atoms with E-state index in [1.807, 2.05) is 18.2 Å². The van der Waals surface area contributed by atoms with Crippen LogP contribution in [0.25, 0.3) is 11.0 Å². The summed E-state index contributed by atoms with van der Waals surface area (Å²) >= 11 is 10.8. The van der Waals surface area contributed by atoms with Crippen molar-refractivity contribution in [2.45, 2.75) is 19.1 Å². The van der Waals surface area contributed by atoms with E-state index in [-0.39, 0.29) is 35.0 Å². The van der Waals surface area contributed by atoms with Gasteiger partial charge in [0.15, 0.2) is 11.5 Å². The SMILES string of the molecule is COc1cccc(CC(=O)Cl)c1.Cn1nc2c(C(=O)NCc3ccnc(C(F)(F)F)c3)ncnc2c1NCl. The molecule has 0 spiro atoms. The molecule has 38 heavy (non-hydrogen) atoms. The van der Waals surface area contributed by atoms with Gasteiger partial charge in [-0.05, 0) is 47.0 Å². The van der Waals surface area contributed by atoms with Crippen LogP contribution in [-0.4, -0.2) is 43.0 Å². The number of nitrogens with one attached hydrogen (secondary N) is 2. The molecule has 2 N–H and O–H groups in total. The summed E-state index contributed by atoms with van der Waals surface area (Å²) in [4.78, 5) is 36.5. The second-order valence-corrected chi connectivity index (χ2v) is 8.21. The number of ether oxygens (including phenoxy) is 1. The number of carbonyl (C=O) groups is 2. The molecular formula is C23H20Cl2F3N7O3. The number of fused-ring (bicyclic) bond motifs is 1. The number of aryl methyl sites for hydroxylation is 1. The summed E-state index contributed by atoms with van der Waals surface area (Å²) in [6.45, 7) is -0.136. The highest BCUT2D eigenvalue weighted by atomic mass is 35.5. The van der Waals surface area contributed by atoms with E-state index in [1.54, 1.807) is 20.2 Å². The number of methoxy groups -OCH3 is 1. The Balaban J connectivity index is 0.000000279. The number of benzene rings is 1. The molecule has 0 aliphatic heterocycles. The van der Waals surface area contributed by atoms with Gasteiger partial charge in [-0.25, -0.2) is 14.6 Å². The fourth-order valence-electron chi connectivity index (χ4n) is 3.22. The molecule has 4 aromatic rings. The number of anilines is 1. The molecule has 0 radical (unpaired) electrons. The van der Waals surface area contributed by atoms with E-state index < -0.39 is 17.8 Å². The number of pyridine rings is 1. The van der Waals surface area contributed by atoms with Crippen molar-refractivity contribution >= 4 is 51.4 Å². The first-order valence-electron chi connectivity index (χ1n) is 10.7. The van der Waals surface area contributed by atoms with Gasteiger partial charge in [-0.1, -0.05) is 12.1 Å². The molecule has 3 heterocycles. The third-order valence-electron chi connectivity index (χ3n) is 4.97. The highest BCUT2D eigenvalue weighted by Crippen LogP contribution is 2.28. The fourth-order valence-corrected chi connectivity index (χ4v) is 3.59. The summed E-state index contributed by atoms with van der Waals surface area (Å²) in [7, 11) is 3.19.